The van der Waals surface area contributed by atoms with Gasteiger partial charge in [-0.15, -0.1) is 0 Å². The van der Waals surface area contributed by atoms with Crippen LogP contribution in [0, 0.1) is 5.92 Å². The van der Waals surface area contributed by atoms with Gasteiger partial charge in [-0.1, -0.05) is 20.8 Å². The number of amides is 1. The summed E-state index contributed by atoms with van der Waals surface area (Å²) >= 11 is 0. The molecule has 0 aliphatic heterocycles. The first-order chi connectivity index (χ1) is 7.69. The normalized spacial score (nSPS) is 12.4. The number of hydrogen-bond donors (Lipinski definition) is 3. The lowest BCUT2D eigenvalue weighted by Crippen LogP contribution is -2.30. The molecule has 5 nitrogen and oxygen atoms in total. The second-order valence-electron chi connectivity index (χ2n) is 3.82. The molecular weight excluding hydrogens is 204 g/mol. The summed E-state index contributed by atoms with van der Waals surface area (Å²) in [6.07, 6.45) is 2.60. The molecule has 1 aromatic rings. The maximum absolute atomic E-state index is 11.8. The van der Waals surface area contributed by atoms with Gasteiger partial charge in [0.25, 0.3) is 0 Å². The predicted octanol–water partition coefficient (Wildman–Crippen LogP) is 1.16. The largest absolute Gasteiger partial charge is 0.316 e. The Hall–Kier alpha value is -1.36. The monoisotopic (exact) mass is 224 g/mol. The van der Waals surface area contributed by atoms with Gasteiger partial charge in [-0.3, -0.25) is 9.89 Å². The molecule has 1 heterocycles. The Bertz CT molecular complexity index is 334. The maximum atomic E-state index is 11.8. The van der Waals surface area contributed by atoms with E-state index in [9.17, 15) is 4.79 Å². The second-order valence-corrected chi connectivity index (χ2v) is 3.82. The van der Waals surface area contributed by atoms with Crippen LogP contribution in [0.3, 0.4) is 0 Å². The molecule has 1 rings (SSSR count). The lowest BCUT2D eigenvalue weighted by Gasteiger charge is -2.11. The van der Waals surface area contributed by atoms with E-state index in [1.165, 1.54) is 0 Å². The van der Waals surface area contributed by atoms with Crippen molar-refractivity contribution in [3.8, 4) is 0 Å². The van der Waals surface area contributed by atoms with Crippen molar-refractivity contribution in [2.75, 3.05) is 18.4 Å². The van der Waals surface area contributed by atoms with Crippen molar-refractivity contribution >= 4 is 11.7 Å². The number of aryl methyl sites for hydroxylation is 1. The van der Waals surface area contributed by atoms with Gasteiger partial charge in [-0.25, -0.2) is 0 Å². The average molecular weight is 224 g/mol. The minimum Gasteiger partial charge on any atom is -0.316 e. The van der Waals surface area contributed by atoms with E-state index >= 15 is 0 Å². The maximum Gasteiger partial charge on any atom is 0.229 e. The molecule has 5 heteroatoms. The third-order valence-corrected chi connectivity index (χ3v) is 2.50. The Labute approximate surface area is 96.0 Å². The first-order valence-electron chi connectivity index (χ1n) is 5.72. The van der Waals surface area contributed by atoms with Crippen molar-refractivity contribution in [1.82, 2.24) is 15.5 Å². The number of aromatic amines is 1. The zero-order valence-electron chi connectivity index (χ0n) is 10.1. The van der Waals surface area contributed by atoms with Gasteiger partial charge in [-0.05, 0) is 13.0 Å². The topological polar surface area (TPSA) is 69.8 Å². The lowest BCUT2D eigenvalue weighted by atomic mass is 10.1. The third-order valence-electron chi connectivity index (χ3n) is 2.50. The van der Waals surface area contributed by atoms with Gasteiger partial charge in [0.2, 0.25) is 5.91 Å². The summed E-state index contributed by atoms with van der Waals surface area (Å²) in [6.45, 7) is 7.52. The van der Waals surface area contributed by atoms with Crippen molar-refractivity contribution in [3.63, 3.8) is 0 Å². The molecule has 0 saturated heterocycles. The fraction of sp³-hybridized carbons (Fsp3) is 0.636. The van der Waals surface area contributed by atoms with Crippen LogP contribution in [0.2, 0.25) is 0 Å². The number of anilines is 1. The molecule has 0 radical (unpaired) electrons. The van der Waals surface area contributed by atoms with Crippen LogP contribution in [0.4, 0.5) is 5.82 Å². The Morgan fingerprint density at radius 1 is 1.56 bits per heavy atom. The molecular formula is C11H20N4O. The minimum atomic E-state index is -0.0482. The van der Waals surface area contributed by atoms with E-state index in [0.29, 0.717) is 6.54 Å². The van der Waals surface area contributed by atoms with Crippen LogP contribution in [0.5, 0.6) is 0 Å². The number of rotatable bonds is 6. The zero-order chi connectivity index (χ0) is 12.0. The fourth-order valence-corrected chi connectivity index (χ4v) is 1.39. The van der Waals surface area contributed by atoms with E-state index in [1.54, 1.807) is 6.20 Å². The highest BCUT2D eigenvalue weighted by atomic mass is 16.1. The van der Waals surface area contributed by atoms with E-state index < -0.39 is 0 Å². The van der Waals surface area contributed by atoms with E-state index in [-0.39, 0.29) is 11.8 Å². The quantitative estimate of drug-likeness (QED) is 0.679. The van der Waals surface area contributed by atoms with Gasteiger partial charge in [0, 0.05) is 18.0 Å². The Balaban J connectivity index is 2.50. The lowest BCUT2D eigenvalue weighted by molar-refractivity contribution is -0.119. The van der Waals surface area contributed by atoms with Crippen LogP contribution >= 0.6 is 0 Å². The summed E-state index contributed by atoms with van der Waals surface area (Å²) in [5, 5.41) is 12.7. The molecule has 0 bridgehead atoms. The van der Waals surface area contributed by atoms with Crippen molar-refractivity contribution in [2.24, 2.45) is 5.92 Å². The van der Waals surface area contributed by atoms with Gasteiger partial charge >= 0.3 is 0 Å². The first kappa shape index (κ1) is 12.7. The Morgan fingerprint density at radius 2 is 2.31 bits per heavy atom. The van der Waals surface area contributed by atoms with Crippen molar-refractivity contribution < 1.29 is 4.79 Å². The van der Waals surface area contributed by atoms with Gasteiger partial charge in [0.05, 0.1) is 6.20 Å². The van der Waals surface area contributed by atoms with Crippen molar-refractivity contribution in [2.45, 2.75) is 27.2 Å². The molecule has 0 spiro atoms. The summed E-state index contributed by atoms with van der Waals surface area (Å²) in [6, 6.07) is 0. The first-order valence-corrected chi connectivity index (χ1v) is 5.72. The highest BCUT2D eigenvalue weighted by Gasteiger charge is 2.14. The van der Waals surface area contributed by atoms with Crippen LogP contribution in [-0.2, 0) is 11.2 Å². The number of aromatic nitrogens is 2. The van der Waals surface area contributed by atoms with E-state index in [1.807, 2.05) is 20.8 Å². The molecule has 1 amide bonds. The standard InChI is InChI=1S/C11H20N4O/c1-4-9-7-13-15-10(9)14-11(16)8(3)6-12-5-2/h7-8,12H,4-6H2,1-3H3,(H2,13,14,15,16). The summed E-state index contributed by atoms with van der Waals surface area (Å²) in [7, 11) is 0. The Kier molecular flexibility index (Phi) is 4.98. The number of carbonyl (C=O) groups excluding carboxylic acids is 1. The summed E-state index contributed by atoms with van der Waals surface area (Å²) < 4.78 is 0. The number of carbonyl (C=O) groups is 1. The van der Waals surface area contributed by atoms with Gasteiger partial charge in [0.1, 0.15) is 5.82 Å². The van der Waals surface area contributed by atoms with Gasteiger partial charge < -0.3 is 10.6 Å². The number of nitrogens with zero attached hydrogens (tertiary/aromatic N) is 1. The SMILES string of the molecule is CCNCC(C)C(=O)Nc1[nH]ncc1CC. The van der Waals surface area contributed by atoms with E-state index in [2.05, 4.69) is 20.8 Å². The second kappa shape index (κ2) is 6.27. The van der Waals surface area contributed by atoms with E-state index in [4.69, 9.17) is 0 Å². The van der Waals surface area contributed by atoms with Crippen LogP contribution in [0.25, 0.3) is 0 Å². The molecule has 0 saturated carbocycles. The molecule has 1 aromatic heterocycles. The van der Waals surface area contributed by atoms with Gasteiger partial charge in [0.15, 0.2) is 0 Å². The smallest absolute Gasteiger partial charge is 0.229 e. The van der Waals surface area contributed by atoms with Crippen molar-refractivity contribution in [3.05, 3.63) is 11.8 Å². The van der Waals surface area contributed by atoms with Crippen LogP contribution in [0.15, 0.2) is 6.20 Å². The van der Waals surface area contributed by atoms with E-state index in [0.717, 1.165) is 24.3 Å². The van der Waals surface area contributed by atoms with Crippen LogP contribution < -0.4 is 10.6 Å². The van der Waals surface area contributed by atoms with Crippen LogP contribution in [0.1, 0.15) is 26.3 Å². The highest BCUT2D eigenvalue weighted by Crippen LogP contribution is 2.12. The minimum absolute atomic E-state index is 0.0138. The van der Waals surface area contributed by atoms with Gasteiger partial charge in [-0.2, -0.15) is 5.10 Å². The summed E-state index contributed by atoms with van der Waals surface area (Å²) in [5.41, 5.74) is 1.03. The molecule has 0 aliphatic rings. The third kappa shape index (κ3) is 3.34. The average Bonchev–Trinajstić information content (AvgIpc) is 2.72. The number of H-pyrrole nitrogens is 1. The molecule has 3 N–H and O–H groups in total. The molecule has 0 aromatic carbocycles. The zero-order valence-corrected chi connectivity index (χ0v) is 10.1. The Morgan fingerprint density at radius 3 is 2.94 bits per heavy atom. The molecule has 1 atom stereocenters. The highest BCUT2D eigenvalue weighted by molar-refractivity contribution is 5.92. The molecule has 90 valence electrons. The molecule has 1 unspecified atom stereocenters. The van der Waals surface area contributed by atoms with Crippen molar-refractivity contribution in [1.29, 1.82) is 0 Å². The molecule has 0 aliphatic carbocycles. The molecule has 16 heavy (non-hydrogen) atoms. The summed E-state index contributed by atoms with van der Waals surface area (Å²) in [5.74, 6) is 0.684. The molecule has 0 fully saturated rings. The summed E-state index contributed by atoms with van der Waals surface area (Å²) in [4.78, 5) is 11.8. The predicted molar refractivity (Wildman–Crippen MR) is 64.3 cm³/mol. The fourth-order valence-electron chi connectivity index (χ4n) is 1.39. The number of nitrogens with one attached hydrogen (secondary N) is 3. The van der Waals surface area contributed by atoms with Crippen LogP contribution in [-0.4, -0.2) is 29.2 Å². The number of hydrogen-bond acceptors (Lipinski definition) is 3.